The number of hydrogen-bond acceptors (Lipinski definition) is 2. The van der Waals surface area contributed by atoms with Crippen molar-refractivity contribution >= 4 is 0 Å². The largest absolute Gasteiger partial charge is 0.487 e. The van der Waals surface area contributed by atoms with E-state index in [1.165, 1.54) is 11.1 Å². The normalized spacial score (nSPS) is 11.1. The van der Waals surface area contributed by atoms with Crippen LogP contribution in [0.1, 0.15) is 56.4 Å². The molecular formula is C18H22NO. The molecule has 0 aliphatic rings. The molecule has 2 nitrogen and oxygen atoms in total. The van der Waals surface area contributed by atoms with Crippen molar-refractivity contribution in [2.24, 2.45) is 0 Å². The van der Waals surface area contributed by atoms with Gasteiger partial charge in [0.25, 0.3) is 0 Å². The van der Waals surface area contributed by atoms with Crippen LogP contribution in [0.2, 0.25) is 0 Å². The highest BCUT2D eigenvalue weighted by atomic mass is 16.5. The molecule has 0 unspecified atom stereocenters. The minimum absolute atomic E-state index is 0.450. The van der Waals surface area contributed by atoms with E-state index in [-0.39, 0.29) is 0 Å². The Kier molecular flexibility index (Phi) is 4.78. The van der Waals surface area contributed by atoms with Gasteiger partial charge in [-0.1, -0.05) is 33.8 Å². The minimum atomic E-state index is 0.450. The highest BCUT2D eigenvalue weighted by Crippen LogP contribution is 2.27. The number of ether oxygens (including phenoxy) is 1. The predicted octanol–water partition coefficient (Wildman–Crippen LogP) is 4.71. The highest BCUT2D eigenvalue weighted by Gasteiger charge is 2.09. The van der Waals surface area contributed by atoms with Crippen LogP contribution in [0.25, 0.3) is 0 Å². The van der Waals surface area contributed by atoms with Crippen LogP contribution in [-0.4, -0.2) is 4.98 Å². The van der Waals surface area contributed by atoms with Crippen molar-refractivity contribution in [3.8, 4) is 5.75 Å². The van der Waals surface area contributed by atoms with E-state index in [9.17, 15) is 0 Å². The Hall–Kier alpha value is -1.83. The van der Waals surface area contributed by atoms with Crippen LogP contribution in [0.3, 0.4) is 0 Å². The fourth-order valence-corrected chi connectivity index (χ4v) is 1.93. The molecule has 1 aromatic carbocycles. The monoisotopic (exact) mass is 268 g/mol. The molecule has 2 rings (SSSR count). The van der Waals surface area contributed by atoms with Crippen LogP contribution < -0.4 is 4.74 Å². The third kappa shape index (κ3) is 3.83. The fraction of sp³-hybridized carbons (Fsp3) is 0.389. The molecule has 0 bridgehead atoms. The van der Waals surface area contributed by atoms with Crippen LogP contribution in [0.5, 0.6) is 5.75 Å². The number of pyridine rings is 1. The van der Waals surface area contributed by atoms with Crippen LogP contribution in [0.4, 0.5) is 0 Å². The van der Waals surface area contributed by atoms with Gasteiger partial charge in [0.05, 0.1) is 5.69 Å². The Morgan fingerprint density at radius 3 is 2.20 bits per heavy atom. The van der Waals surface area contributed by atoms with Crippen LogP contribution in [0, 0.1) is 6.07 Å². The molecule has 0 N–H and O–H groups in total. The van der Waals surface area contributed by atoms with Gasteiger partial charge in [-0.05, 0) is 53.3 Å². The third-order valence-electron chi connectivity index (χ3n) is 3.24. The van der Waals surface area contributed by atoms with Crippen molar-refractivity contribution in [3.05, 3.63) is 59.4 Å². The Balaban J connectivity index is 2.18. The molecule has 2 heteroatoms. The molecule has 20 heavy (non-hydrogen) atoms. The second-order valence-corrected chi connectivity index (χ2v) is 5.65. The average Bonchev–Trinajstić information content (AvgIpc) is 2.45. The Bertz CT molecular complexity index is 520. The summed E-state index contributed by atoms with van der Waals surface area (Å²) >= 11 is 0. The van der Waals surface area contributed by atoms with Crippen LogP contribution in [-0.2, 0) is 6.61 Å². The molecule has 0 aliphatic heterocycles. The van der Waals surface area contributed by atoms with Gasteiger partial charge < -0.3 is 4.74 Å². The van der Waals surface area contributed by atoms with Crippen molar-refractivity contribution in [2.45, 2.75) is 46.1 Å². The maximum Gasteiger partial charge on any atom is 0.130 e. The van der Waals surface area contributed by atoms with Gasteiger partial charge in [-0.2, -0.15) is 0 Å². The maximum atomic E-state index is 5.89. The summed E-state index contributed by atoms with van der Waals surface area (Å²) < 4.78 is 5.89. The van der Waals surface area contributed by atoms with E-state index in [0.717, 1.165) is 11.4 Å². The van der Waals surface area contributed by atoms with E-state index in [1.807, 2.05) is 18.2 Å². The number of rotatable bonds is 5. The molecule has 0 saturated carbocycles. The summed E-state index contributed by atoms with van der Waals surface area (Å²) in [5.41, 5.74) is 3.34. The summed E-state index contributed by atoms with van der Waals surface area (Å²) in [5.74, 6) is 1.80. The maximum absolute atomic E-state index is 5.89. The van der Waals surface area contributed by atoms with E-state index in [1.54, 1.807) is 6.20 Å². The van der Waals surface area contributed by atoms with Gasteiger partial charge in [-0.15, -0.1) is 0 Å². The Morgan fingerprint density at radius 2 is 1.70 bits per heavy atom. The summed E-state index contributed by atoms with van der Waals surface area (Å²) in [6.07, 6.45) is 1.79. The second-order valence-electron chi connectivity index (χ2n) is 5.65. The molecule has 0 saturated heterocycles. The molecule has 0 atom stereocenters. The molecule has 0 aliphatic carbocycles. The first-order valence-electron chi connectivity index (χ1n) is 7.16. The zero-order valence-corrected chi connectivity index (χ0v) is 12.7. The van der Waals surface area contributed by atoms with Gasteiger partial charge in [0.1, 0.15) is 12.4 Å². The quantitative estimate of drug-likeness (QED) is 0.783. The molecule has 2 aromatic rings. The first-order valence-corrected chi connectivity index (χ1v) is 7.16. The topological polar surface area (TPSA) is 22.1 Å². The fourth-order valence-electron chi connectivity index (χ4n) is 1.93. The van der Waals surface area contributed by atoms with Crippen molar-refractivity contribution < 1.29 is 4.74 Å². The lowest BCUT2D eigenvalue weighted by Crippen LogP contribution is -2.01. The third-order valence-corrected chi connectivity index (χ3v) is 3.24. The standard InChI is InChI=1S/C18H22NO/c1-13(2)15-9-16(14(3)4)11-18(10-15)20-12-17-7-5-6-8-19-17/h5-8,10-11,13-14H,12H2,1-4H3. The van der Waals surface area contributed by atoms with E-state index in [0.29, 0.717) is 18.4 Å². The molecule has 0 fully saturated rings. The molecule has 1 aromatic heterocycles. The minimum Gasteiger partial charge on any atom is -0.487 e. The predicted molar refractivity (Wildman–Crippen MR) is 82.0 cm³/mol. The number of benzene rings is 1. The van der Waals surface area contributed by atoms with E-state index >= 15 is 0 Å². The van der Waals surface area contributed by atoms with E-state index in [4.69, 9.17) is 4.74 Å². The SMILES string of the molecule is CC(C)c1[c]c(C(C)C)cc(OCc2ccccn2)c1. The van der Waals surface area contributed by atoms with Crippen molar-refractivity contribution in [1.29, 1.82) is 0 Å². The summed E-state index contributed by atoms with van der Waals surface area (Å²) in [5, 5.41) is 0. The smallest absolute Gasteiger partial charge is 0.130 e. The van der Waals surface area contributed by atoms with Crippen molar-refractivity contribution in [3.63, 3.8) is 0 Å². The zero-order valence-electron chi connectivity index (χ0n) is 12.7. The lowest BCUT2D eigenvalue weighted by Gasteiger charge is -2.14. The lowest BCUT2D eigenvalue weighted by atomic mass is 9.95. The summed E-state index contributed by atoms with van der Waals surface area (Å²) in [6.45, 7) is 9.22. The number of nitrogens with zero attached hydrogens (tertiary/aromatic N) is 1. The molecule has 0 amide bonds. The van der Waals surface area contributed by atoms with Gasteiger partial charge in [0, 0.05) is 6.20 Å². The molecule has 1 radical (unpaired) electrons. The molecular weight excluding hydrogens is 246 g/mol. The Labute approximate surface area is 121 Å². The first-order chi connectivity index (χ1) is 9.56. The summed E-state index contributed by atoms with van der Waals surface area (Å²) in [7, 11) is 0. The van der Waals surface area contributed by atoms with Gasteiger partial charge in [-0.25, -0.2) is 0 Å². The second kappa shape index (κ2) is 6.56. The van der Waals surface area contributed by atoms with Gasteiger partial charge in [0.2, 0.25) is 0 Å². The lowest BCUT2D eigenvalue weighted by molar-refractivity contribution is 0.300. The van der Waals surface area contributed by atoms with Crippen molar-refractivity contribution in [2.75, 3.05) is 0 Å². The molecule has 0 spiro atoms. The van der Waals surface area contributed by atoms with Gasteiger partial charge in [0.15, 0.2) is 0 Å². The summed E-state index contributed by atoms with van der Waals surface area (Å²) in [4.78, 5) is 4.28. The van der Waals surface area contributed by atoms with Gasteiger partial charge >= 0.3 is 0 Å². The molecule has 1 heterocycles. The van der Waals surface area contributed by atoms with Crippen LogP contribution >= 0.6 is 0 Å². The van der Waals surface area contributed by atoms with Crippen LogP contribution in [0.15, 0.2) is 36.5 Å². The highest BCUT2D eigenvalue weighted by molar-refractivity contribution is 5.36. The van der Waals surface area contributed by atoms with E-state index in [2.05, 4.69) is 50.9 Å². The number of aromatic nitrogens is 1. The first kappa shape index (κ1) is 14.6. The summed E-state index contributed by atoms with van der Waals surface area (Å²) in [6, 6.07) is 13.5. The number of hydrogen-bond donors (Lipinski definition) is 0. The van der Waals surface area contributed by atoms with E-state index < -0.39 is 0 Å². The zero-order chi connectivity index (χ0) is 14.5. The van der Waals surface area contributed by atoms with Gasteiger partial charge in [-0.3, -0.25) is 4.98 Å². The van der Waals surface area contributed by atoms with Crippen molar-refractivity contribution in [1.82, 2.24) is 4.98 Å². The average molecular weight is 268 g/mol. The Morgan fingerprint density at radius 1 is 1.05 bits per heavy atom. The molecule has 105 valence electrons.